The predicted octanol–water partition coefficient (Wildman–Crippen LogP) is 1.27. The molecule has 0 spiro atoms. The van der Waals surface area contributed by atoms with E-state index in [2.05, 4.69) is 5.32 Å². The number of amides is 2. The van der Waals surface area contributed by atoms with Gasteiger partial charge in [0.05, 0.1) is 23.3 Å². The maximum Gasteiger partial charge on any atom is 0.241 e. The van der Waals surface area contributed by atoms with Crippen molar-refractivity contribution in [2.24, 2.45) is 0 Å². The zero-order valence-electron chi connectivity index (χ0n) is 12.7. The fourth-order valence-electron chi connectivity index (χ4n) is 1.56. The number of hydrogen-bond donors (Lipinski definition) is 2. The van der Waals surface area contributed by atoms with E-state index < -0.39 is 6.04 Å². The van der Waals surface area contributed by atoms with Crippen LogP contribution in [-0.4, -0.2) is 55.3 Å². The maximum atomic E-state index is 12.1. The fraction of sp³-hybridized carbons (Fsp3) is 0.429. The molecule has 0 aliphatic heterocycles. The lowest BCUT2D eigenvalue weighted by atomic mass is 10.2. The van der Waals surface area contributed by atoms with E-state index in [1.54, 1.807) is 51.2 Å². The molecular weight excluding hydrogens is 292 g/mol. The number of anilines is 2. The Hall–Kier alpha value is -1.79. The third-order valence-electron chi connectivity index (χ3n) is 3.19. The quantitative estimate of drug-likeness (QED) is 0.803. The van der Waals surface area contributed by atoms with Crippen molar-refractivity contribution in [2.75, 3.05) is 38.7 Å². The normalized spacial score (nSPS) is 12.1. The first-order valence-corrected chi connectivity index (χ1v) is 6.86. The molecule has 1 rings (SSSR count). The molecule has 0 bridgehead atoms. The predicted molar refractivity (Wildman–Crippen MR) is 85.3 cm³/mol. The summed E-state index contributed by atoms with van der Waals surface area (Å²) in [5.41, 5.74) is 6.66. The topological polar surface area (TPSA) is 78.7 Å². The molecule has 0 aliphatic rings. The molecule has 1 aromatic rings. The van der Waals surface area contributed by atoms with Gasteiger partial charge in [0, 0.05) is 19.8 Å². The van der Waals surface area contributed by atoms with Gasteiger partial charge in [-0.15, -0.1) is 0 Å². The van der Waals surface area contributed by atoms with Crippen LogP contribution in [0, 0.1) is 0 Å². The number of nitrogens with one attached hydrogen (secondary N) is 1. The van der Waals surface area contributed by atoms with Gasteiger partial charge < -0.3 is 16.0 Å². The van der Waals surface area contributed by atoms with Crippen molar-refractivity contribution in [1.82, 2.24) is 9.80 Å². The summed E-state index contributed by atoms with van der Waals surface area (Å²) in [5, 5.41) is 3.19. The standard InChI is InChI=1S/C14H21ClN4O2/c1-9(19(4)8-13(20)18(2)3)14(21)17-10-5-6-11(15)12(16)7-10/h5-7,9H,8,16H2,1-4H3,(H,17,21). The number of nitrogens with two attached hydrogens (primary N) is 1. The van der Waals surface area contributed by atoms with E-state index in [9.17, 15) is 9.59 Å². The molecule has 0 aromatic heterocycles. The smallest absolute Gasteiger partial charge is 0.241 e. The molecule has 0 fully saturated rings. The lowest BCUT2D eigenvalue weighted by Crippen LogP contribution is -2.44. The van der Waals surface area contributed by atoms with E-state index >= 15 is 0 Å². The molecule has 3 N–H and O–H groups in total. The summed E-state index contributed by atoms with van der Waals surface area (Å²) in [6.07, 6.45) is 0. The van der Waals surface area contributed by atoms with E-state index in [1.165, 1.54) is 4.90 Å². The van der Waals surface area contributed by atoms with Gasteiger partial charge >= 0.3 is 0 Å². The maximum absolute atomic E-state index is 12.1. The van der Waals surface area contributed by atoms with Gasteiger partial charge in [0.1, 0.15) is 0 Å². The van der Waals surface area contributed by atoms with Crippen molar-refractivity contribution >= 4 is 34.8 Å². The van der Waals surface area contributed by atoms with Gasteiger partial charge in [0.2, 0.25) is 11.8 Å². The highest BCUT2D eigenvalue weighted by molar-refractivity contribution is 6.33. The average molecular weight is 313 g/mol. The molecule has 1 aromatic carbocycles. The van der Waals surface area contributed by atoms with Crippen LogP contribution in [0.4, 0.5) is 11.4 Å². The van der Waals surface area contributed by atoms with Gasteiger partial charge in [-0.3, -0.25) is 14.5 Å². The Morgan fingerprint density at radius 1 is 1.33 bits per heavy atom. The molecule has 1 atom stereocenters. The Balaban J connectivity index is 2.65. The number of hydrogen-bond acceptors (Lipinski definition) is 4. The first-order chi connectivity index (χ1) is 9.72. The van der Waals surface area contributed by atoms with Crippen LogP contribution in [0.3, 0.4) is 0 Å². The van der Waals surface area contributed by atoms with Crippen molar-refractivity contribution in [3.63, 3.8) is 0 Å². The van der Waals surface area contributed by atoms with Gasteiger partial charge in [-0.25, -0.2) is 0 Å². The minimum Gasteiger partial charge on any atom is -0.397 e. The third-order valence-corrected chi connectivity index (χ3v) is 3.53. The molecule has 0 aliphatic carbocycles. The Bertz CT molecular complexity index is 534. The second-order valence-corrected chi connectivity index (χ2v) is 5.51. The van der Waals surface area contributed by atoms with Crippen LogP contribution in [0.5, 0.6) is 0 Å². The molecule has 0 radical (unpaired) electrons. The number of nitrogens with zero attached hydrogens (tertiary/aromatic N) is 2. The summed E-state index contributed by atoms with van der Waals surface area (Å²) in [7, 11) is 5.08. The summed E-state index contributed by atoms with van der Waals surface area (Å²) in [5.74, 6) is -0.279. The van der Waals surface area contributed by atoms with Crippen molar-refractivity contribution in [3.05, 3.63) is 23.2 Å². The highest BCUT2D eigenvalue weighted by atomic mass is 35.5. The van der Waals surface area contributed by atoms with Crippen LogP contribution in [0.15, 0.2) is 18.2 Å². The van der Waals surface area contributed by atoms with Gasteiger partial charge in [-0.1, -0.05) is 11.6 Å². The highest BCUT2D eigenvalue weighted by Gasteiger charge is 2.20. The van der Waals surface area contributed by atoms with Crippen LogP contribution < -0.4 is 11.1 Å². The number of carbonyl (C=O) groups is 2. The number of carbonyl (C=O) groups excluding carboxylic acids is 2. The van der Waals surface area contributed by atoms with Crippen LogP contribution in [-0.2, 0) is 9.59 Å². The van der Waals surface area contributed by atoms with E-state index in [4.69, 9.17) is 17.3 Å². The van der Waals surface area contributed by atoms with E-state index in [1.807, 2.05) is 0 Å². The number of nitrogen functional groups attached to an aromatic ring is 1. The molecule has 21 heavy (non-hydrogen) atoms. The molecule has 116 valence electrons. The Morgan fingerprint density at radius 2 is 1.95 bits per heavy atom. The van der Waals surface area contributed by atoms with Gasteiger partial charge in [-0.2, -0.15) is 0 Å². The van der Waals surface area contributed by atoms with Crippen molar-refractivity contribution in [2.45, 2.75) is 13.0 Å². The third kappa shape index (κ3) is 4.91. The summed E-state index contributed by atoms with van der Waals surface area (Å²) >= 11 is 5.83. The fourth-order valence-corrected chi connectivity index (χ4v) is 1.68. The van der Waals surface area contributed by atoms with Crippen LogP contribution in [0.2, 0.25) is 5.02 Å². The number of benzene rings is 1. The molecular formula is C14H21ClN4O2. The zero-order chi connectivity index (χ0) is 16.2. The minimum absolute atomic E-state index is 0.0621. The lowest BCUT2D eigenvalue weighted by Gasteiger charge is -2.24. The minimum atomic E-state index is -0.453. The monoisotopic (exact) mass is 312 g/mol. The Morgan fingerprint density at radius 3 is 2.48 bits per heavy atom. The first-order valence-electron chi connectivity index (χ1n) is 6.48. The van der Waals surface area contributed by atoms with Crippen molar-refractivity contribution in [1.29, 1.82) is 0 Å². The largest absolute Gasteiger partial charge is 0.397 e. The number of halogens is 1. The molecule has 2 amide bonds. The van der Waals surface area contributed by atoms with Gasteiger partial charge in [0.25, 0.3) is 0 Å². The SMILES string of the molecule is CC(C(=O)Nc1ccc(Cl)c(N)c1)N(C)CC(=O)N(C)C. The molecule has 7 heteroatoms. The first kappa shape index (κ1) is 17.3. The van der Waals surface area contributed by atoms with Crippen molar-refractivity contribution in [3.8, 4) is 0 Å². The highest BCUT2D eigenvalue weighted by Crippen LogP contribution is 2.22. The van der Waals surface area contributed by atoms with Crippen LogP contribution >= 0.6 is 11.6 Å². The number of likely N-dealkylation sites (N-methyl/N-ethyl adjacent to an activating group) is 2. The van der Waals surface area contributed by atoms with Gasteiger partial charge in [0.15, 0.2) is 0 Å². The Kier molecular flexibility index (Phi) is 5.99. The summed E-state index contributed by atoms with van der Waals surface area (Å²) in [6.45, 7) is 1.90. The second-order valence-electron chi connectivity index (χ2n) is 5.10. The summed E-state index contributed by atoms with van der Waals surface area (Å²) < 4.78 is 0. The molecule has 6 nitrogen and oxygen atoms in total. The lowest BCUT2D eigenvalue weighted by molar-refractivity contribution is -0.131. The molecule has 1 unspecified atom stereocenters. The molecule has 0 heterocycles. The zero-order valence-corrected chi connectivity index (χ0v) is 13.4. The second kappa shape index (κ2) is 7.28. The number of rotatable bonds is 5. The average Bonchev–Trinajstić information content (AvgIpc) is 2.41. The molecule has 0 saturated carbocycles. The Labute approximate surface area is 129 Å². The van der Waals surface area contributed by atoms with E-state index in [0.717, 1.165) is 0 Å². The van der Waals surface area contributed by atoms with E-state index in [0.29, 0.717) is 16.4 Å². The van der Waals surface area contributed by atoms with Crippen LogP contribution in [0.1, 0.15) is 6.92 Å². The summed E-state index contributed by atoms with van der Waals surface area (Å²) in [4.78, 5) is 27.0. The summed E-state index contributed by atoms with van der Waals surface area (Å²) in [6, 6.07) is 4.44. The van der Waals surface area contributed by atoms with Crippen molar-refractivity contribution < 1.29 is 9.59 Å². The van der Waals surface area contributed by atoms with E-state index in [-0.39, 0.29) is 18.4 Å². The van der Waals surface area contributed by atoms with Crippen LogP contribution in [0.25, 0.3) is 0 Å². The van der Waals surface area contributed by atoms with Gasteiger partial charge in [-0.05, 0) is 32.2 Å². The molecule has 0 saturated heterocycles.